The molecule has 3 heterocycles. The Hall–Kier alpha value is -3.74. The molecular formula is C34H31N3O3. The zero-order valence-electron chi connectivity index (χ0n) is 22.3. The number of aromatic hydroxyl groups is 1. The molecule has 2 N–H and O–H groups in total. The third-order valence-electron chi connectivity index (χ3n) is 10.3. The number of nitrogens with zero attached hydrogens (tertiary/aromatic N) is 3. The lowest BCUT2D eigenvalue weighted by Gasteiger charge is -2.63. The molecule has 40 heavy (non-hydrogen) atoms. The lowest BCUT2D eigenvalue weighted by Crippen LogP contribution is -2.74. The quantitative estimate of drug-likeness (QED) is 0.378. The predicted molar refractivity (Wildman–Crippen MR) is 151 cm³/mol. The molecule has 4 aromatic rings. The second-order valence-electron chi connectivity index (χ2n) is 12.4. The smallest absolute Gasteiger partial charge is 0.166 e. The molecule has 3 aromatic carbocycles. The Morgan fingerprint density at radius 2 is 1.68 bits per heavy atom. The number of likely N-dealkylation sites (tertiary alicyclic amines) is 1. The molecule has 5 aliphatic rings. The van der Waals surface area contributed by atoms with Gasteiger partial charge in [0.1, 0.15) is 0 Å². The van der Waals surface area contributed by atoms with Crippen LogP contribution >= 0.6 is 0 Å². The van der Waals surface area contributed by atoms with Gasteiger partial charge in [0.2, 0.25) is 0 Å². The van der Waals surface area contributed by atoms with Crippen LogP contribution in [0, 0.1) is 5.92 Å². The Kier molecular flexibility index (Phi) is 4.56. The van der Waals surface area contributed by atoms with E-state index in [2.05, 4.69) is 23.1 Å². The van der Waals surface area contributed by atoms with Gasteiger partial charge in [-0.15, -0.1) is 0 Å². The van der Waals surface area contributed by atoms with Crippen LogP contribution in [0.25, 0.3) is 22.6 Å². The van der Waals surface area contributed by atoms with Gasteiger partial charge in [-0.25, -0.2) is 9.97 Å². The SMILES string of the molecule is Oc1ccc2c3c1O[C@H]1c4nc(-c5ccccc5)nc(-c5ccccc5)c4C[C@@]4(O)[C@H](C2)N(CC2CC2)CC[C@]314. The van der Waals surface area contributed by atoms with Gasteiger partial charge in [-0.2, -0.15) is 0 Å². The highest BCUT2D eigenvalue weighted by Crippen LogP contribution is 2.69. The number of aliphatic hydroxyl groups is 1. The molecule has 200 valence electrons. The molecule has 2 fully saturated rings. The van der Waals surface area contributed by atoms with Crippen LogP contribution in [0.3, 0.4) is 0 Å². The van der Waals surface area contributed by atoms with Crippen molar-refractivity contribution in [1.82, 2.24) is 14.9 Å². The number of hydrogen-bond donors (Lipinski definition) is 2. The van der Waals surface area contributed by atoms with E-state index < -0.39 is 17.1 Å². The van der Waals surface area contributed by atoms with E-state index in [0.29, 0.717) is 18.0 Å². The van der Waals surface area contributed by atoms with Gasteiger partial charge in [0.05, 0.1) is 22.4 Å². The van der Waals surface area contributed by atoms with Crippen molar-refractivity contribution >= 4 is 0 Å². The van der Waals surface area contributed by atoms with Gasteiger partial charge in [0.25, 0.3) is 0 Å². The van der Waals surface area contributed by atoms with E-state index in [-0.39, 0.29) is 11.8 Å². The highest BCUT2D eigenvalue weighted by Gasteiger charge is 2.73. The molecule has 6 heteroatoms. The van der Waals surface area contributed by atoms with Crippen molar-refractivity contribution in [3.05, 3.63) is 95.2 Å². The van der Waals surface area contributed by atoms with Gasteiger partial charge in [-0.1, -0.05) is 66.7 Å². The van der Waals surface area contributed by atoms with Crippen LogP contribution < -0.4 is 4.74 Å². The Morgan fingerprint density at radius 3 is 2.42 bits per heavy atom. The standard InChI is InChI=1S/C34H31N3O3/c38-25-14-13-23-17-26-34(39)18-24-28(21-7-3-1-4-8-21)35-32(22-9-5-2-6-10-22)36-29(24)31-33(34,27(23)30(25)40-31)15-16-37(26)19-20-11-12-20/h1-10,13-14,20,26,31,38-39H,11-12,15-19H2/t26-,31-,33-,34+/m0/s1. The maximum atomic E-state index is 13.2. The summed E-state index contributed by atoms with van der Waals surface area (Å²) in [5, 5.41) is 24.2. The third kappa shape index (κ3) is 2.90. The van der Waals surface area contributed by atoms with Gasteiger partial charge >= 0.3 is 0 Å². The minimum atomic E-state index is -1.06. The Balaban J connectivity index is 1.32. The fourth-order valence-corrected chi connectivity index (χ4v) is 8.37. The minimum Gasteiger partial charge on any atom is -0.504 e. The number of fused-ring (bicyclic) bond motifs is 2. The molecule has 1 saturated carbocycles. The number of rotatable bonds is 4. The highest BCUT2D eigenvalue weighted by molar-refractivity contribution is 5.72. The maximum absolute atomic E-state index is 13.2. The first kappa shape index (κ1) is 23.0. The topological polar surface area (TPSA) is 78.7 Å². The number of phenols is 1. The maximum Gasteiger partial charge on any atom is 0.166 e. The molecule has 0 amide bonds. The molecular weight excluding hydrogens is 498 g/mol. The molecule has 9 rings (SSSR count). The Morgan fingerprint density at radius 1 is 0.925 bits per heavy atom. The van der Waals surface area contributed by atoms with Gasteiger partial charge < -0.3 is 14.9 Å². The van der Waals surface area contributed by atoms with Crippen molar-refractivity contribution in [3.63, 3.8) is 0 Å². The summed E-state index contributed by atoms with van der Waals surface area (Å²) in [7, 11) is 0. The first-order chi connectivity index (χ1) is 19.6. The molecule has 0 radical (unpaired) electrons. The summed E-state index contributed by atoms with van der Waals surface area (Å²) in [5.41, 5.74) is 5.08. The molecule has 3 aliphatic carbocycles. The van der Waals surface area contributed by atoms with E-state index in [0.717, 1.165) is 65.5 Å². The van der Waals surface area contributed by atoms with E-state index in [4.69, 9.17) is 14.7 Å². The highest BCUT2D eigenvalue weighted by atomic mass is 16.5. The van der Waals surface area contributed by atoms with Crippen molar-refractivity contribution in [2.45, 2.75) is 55.3 Å². The number of phenolic OH excluding ortho intramolecular Hbond substituents is 1. The fourth-order valence-electron chi connectivity index (χ4n) is 8.37. The summed E-state index contributed by atoms with van der Waals surface area (Å²) in [6.07, 6.45) is 4.05. The zero-order chi connectivity index (χ0) is 26.6. The van der Waals surface area contributed by atoms with Crippen LogP contribution in [0.4, 0.5) is 0 Å². The first-order valence-electron chi connectivity index (χ1n) is 14.6. The largest absolute Gasteiger partial charge is 0.504 e. The van der Waals surface area contributed by atoms with Crippen molar-refractivity contribution in [1.29, 1.82) is 0 Å². The lowest BCUT2D eigenvalue weighted by molar-refractivity contribution is -0.173. The van der Waals surface area contributed by atoms with Gasteiger partial charge in [-0.05, 0) is 49.8 Å². The molecule has 2 bridgehead atoms. The summed E-state index contributed by atoms with van der Waals surface area (Å²) in [6.45, 7) is 1.95. The van der Waals surface area contributed by atoms with Crippen molar-refractivity contribution in [3.8, 4) is 34.1 Å². The normalized spacial score (nSPS) is 29.4. The van der Waals surface area contributed by atoms with Crippen molar-refractivity contribution in [2.24, 2.45) is 5.92 Å². The van der Waals surface area contributed by atoms with E-state index in [9.17, 15) is 10.2 Å². The average Bonchev–Trinajstić information content (AvgIpc) is 3.73. The Bertz CT molecular complexity index is 1670. The lowest BCUT2D eigenvalue weighted by atomic mass is 9.48. The van der Waals surface area contributed by atoms with Crippen LogP contribution in [0.1, 0.15) is 47.8 Å². The molecule has 1 aromatic heterocycles. The van der Waals surface area contributed by atoms with Crippen LogP contribution in [0.2, 0.25) is 0 Å². The average molecular weight is 530 g/mol. The van der Waals surface area contributed by atoms with E-state index in [1.807, 2.05) is 48.5 Å². The number of aromatic nitrogens is 2. The van der Waals surface area contributed by atoms with Crippen LogP contribution in [-0.4, -0.2) is 49.8 Å². The number of hydrogen-bond acceptors (Lipinski definition) is 6. The van der Waals surface area contributed by atoms with Gasteiger partial charge in [-0.3, -0.25) is 4.90 Å². The van der Waals surface area contributed by atoms with E-state index >= 15 is 0 Å². The van der Waals surface area contributed by atoms with Gasteiger partial charge in [0.15, 0.2) is 23.4 Å². The second-order valence-corrected chi connectivity index (χ2v) is 12.4. The summed E-state index contributed by atoms with van der Waals surface area (Å²) in [5.74, 6) is 2.06. The van der Waals surface area contributed by atoms with Crippen LogP contribution in [0.15, 0.2) is 72.8 Å². The minimum absolute atomic E-state index is 0.0264. The molecule has 6 nitrogen and oxygen atoms in total. The molecule has 4 atom stereocenters. The van der Waals surface area contributed by atoms with Gasteiger partial charge in [0, 0.05) is 41.3 Å². The summed E-state index contributed by atoms with van der Waals surface area (Å²) < 4.78 is 6.79. The second kappa shape index (κ2) is 7.93. The number of piperidine rings is 1. The number of benzene rings is 3. The monoisotopic (exact) mass is 529 g/mol. The molecule has 0 unspecified atom stereocenters. The number of ether oxygens (including phenoxy) is 1. The van der Waals surface area contributed by atoms with E-state index in [1.165, 1.54) is 18.4 Å². The predicted octanol–water partition coefficient (Wildman–Crippen LogP) is 5.22. The van der Waals surface area contributed by atoms with Crippen molar-refractivity contribution < 1.29 is 14.9 Å². The Labute approximate surface area is 233 Å². The first-order valence-corrected chi connectivity index (χ1v) is 14.6. The zero-order valence-corrected chi connectivity index (χ0v) is 22.3. The summed E-state index contributed by atoms with van der Waals surface area (Å²) >= 11 is 0. The molecule has 1 spiro atoms. The molecule has 1 saturated heterocycles. The van der Waals surface area contributed by atoms with Crippen LogP contribution in [-0.2, 0) is 18.3 Å². The van der Waals surface area contributed by atoms with E-state index in [1.54, 1.807) is 6.07 Å². The fraction of sp³-hybridized carbons (Fsp3) is 0.353. The van der Waals surface area contributed by atoms with Crippen LogP contribution in [0.5, 0.6) is 11.5 Å². The summed E-state index contributed by atoms with van der Waals surface area (Å²) in [4.78, 5) is 12.9. The summed E-state index contributed by atoms with van der Waals surface area (Å²) in [6, 6.07) is 24.1. The van der Waals surface area contributed by atoms with Crippen molar-refractivity contribution in [2.75, 3.05) is 13.1 Å². The molecule has 2 aliphatic heterocycles. The third-order valence-corrected chi connectivity index (χ3v) is 10.3.